The average molecular weight is 280 g/mol. The number of rotatable bonds is 5. The smallest absolute Gasteiger partial charge is 0.335 e. The molecule has 2 rings (SSSR count). The number of carboxylic acids is 1. The van der Waals surface area contributed by atoms with Gasteiger partial charge in [-0.1, -0.05) is 6.42 Å². The van der Waals surface area contributed by atoms with E-state index in [2.05, 4.69) is 0 Å². The number of benzene rings is 1. The van der Waals surface area contributed by atoms with Crippen LogP contribution < -0.4 is 9.47 Å². The SMILES string of the molecule is CCOc1cc(C(=O)O)ccc1OC1CCCCC1O. The van der Waals surface area contributed by atoms with Crippen LogP contribution in [0.15, 0.2) is 18.2 Å². The fraction of sp³-hybridized carbons (Fsp3) is 0.533. The highest BCUT2D eigenvalue weighted by molar-refractivity contribution is 5.88. The highest BCUT2D eigenvalue weighted by Gasteiger charge is 2.25. The molecule has 1 aromatic carbocycles. The first-order chi connectivity index (χ1) is 9.61. The van der Waals surface area contributed by atoms with Crippen molar-refractivity contribution in [3.8, 4) is 11.5 Å². The van der Waals surface area contributed by atoms with Crippen molar-refractivity contribution in [3.63, 3.8) is 0 Å². The Bertz CT molecular complexity index is 471. The van der Waals surface area contributed by atoms with E-state index in [9.17, 15) is 9.90 Å². The summed E-state index contributed by atoms with van der Waals surface area (Å²) < 4.78 is 11.3. The Morgan fingerprint density at radius 1 is 1.30 bits per heavy atom. The van der Waals surface area contributed by atoms with Gasteiger partial charge in [-0.3, -0.25) is 0 Å². The zero-order chi connectivity index (χ0) is 14.5. The summed E-state index contributed by atoms with van der Waals surface area (Å²) in [5.74, 6) is -0.108. The molecule has 0 aliphatic heterocycles. The van der Waals surface area contributed by atoms with Gasteiger partial charge in [0.15, 0.2) is 11.5 Å². The van der Waals surface area contributed by atoms with Crippen molar-refractivity contribution < 1.29 is 24.5 Å². The monoisotopic (exact) mass is 280 g/mol. The number of aromatic carboxylic acids is 1. The van der Waals surface area contributed by atoms with Crippen LogP contribution in [0.2, 0.25) is 0 Å². The van der Waals surface area contributed by atoms with Crippen molar-refractivity contribution >= 4 is 5.97 Å². The van der Waals surface area contributed by atoms with E-state index in [1.54, 1.807) is 6.07 Å². The molecule has 0 radical (unpaired) electrons. The normalized spacial score (nSPS) is 22.3. The topological polar surface area (TPSA) is 76.0 Å². The van der Waals surface area contributed by atoms with Crippen molar-refractivity contribution in [1.29, 1.82) is 0 Å². The molecule has 20 heavy (non-hydrogen) atoms. The summed E-state index contributed by atoms with van der Waals surface area (Å²) in [4.78, 5) is 11.0. The largest absolute Gasteiger partial charge is 0.490 e. The second-order valence-corrected chi connectivity index (χ2v) is 4.91. The fourth-order valence-corrected chi connectivity index (χ4v) is 2.38. The van der Waals surface area contributed by atoms with Crippen molar-refractivity contribution in [2.45, 2.75) is 44.8 Å². The lowest BCUT2D eigenvalue weighted by Gasteiger charge is -2.28. The van der Waals surface area contributed by atoms with Gasteiger partial charge >= 0.3 is 5.97 Å². The average Bonchev–Trinajstić information content (AvgIpc) is 2.43. The Hall–Kier alpha value is -1.75. The minimum absolute atomic E-state index is 0.157. The van der Waals surface area contributed by atoms with Crippen LogP contribution in [0, 0.1) is 0 Å². The van der Waals surface area contributed by atoms with Crippen LogP contribution in [-0.4, -0.2) is 35.0 Å². The molecule has 0 saturated heterocycles. The molecule has 1 aliphatic rings. The highest BCUT2D eigenvalue weighted by atomic mass is 16.5. The molecular weight excluding hydrogens is 260 g/mol. The Labute approximate surface area is 118 Å². The maximum absolute atomic E-state index is 11.0. The summed E-state index contributed by atoms with van der Waals surface area (Å²) in [6, 6.07) is 4.53. The van der Waals surface area contributed by atoms with Crippen LogP contribution in [-0.2, 0) is 0 Å². The Kier molecular flexibility index (Phi) is 4.84. The Balaban J connectivity index is 2.19. The molecule has 0 bridgehead atoms. The summed E-state index contributed by atoms with van der Waals surface area (Å²) >= 11 is 0. The van der Waals surface area contributed by atoms with E-state index in [0.717, 1.165) is 25.7 Å². The molecular formula is C15H20O5. The summed E-state index contributed by atoms with van der Waals surface area (Å²) in [7, 11) is 0. The molecule has 2 unspecified atom stereocenters. The molecule has 5 heteroatoms. The first-order valence-electron chi connectivity index (χ1n) is 6.96. The lowest BCUT2D eigenvalue weighted by Crippen LogP contribution is -2.34. The van der Waals surface area contributed by atoms with E-state index in [0.29, 0.717) is 18.1 Å². The Morgan fingerprint density at radius 2 is 2.05 bits per heavy atom. The lowest BCUT2D eigenvalue weighted by molar-refractivity contribution is 0.00542. The summed E-state index contributed by atoms with van der Waals surface area (Å²) in [6.07, 6.45) is 2.85. The number of aliphatic hydroxyl groups excluding tert-OH is 1. The standard InChI is InChI=1S/C15H20O5/c1-2-19-14-9-10(15(17)18)7-8-13(14)20-12-6-4-3-5-11(12)16/h7-9,11-12,16H,2-6H2,1H3,(H,17,18). The molecule has 1 aliphatic carbocycles. The lowest BCUT2D eigenvalue weighted by atomic mass is 9.95. The second-order valence-electron chi connectivity index (χ2n) is 4.91. The molecule has 2 atom stereocenters. The van der Waals surface area contributed by atoms with Gasteiger partial charge in [-0.2, -0.15) is 0 Å². The molecule has 2 N–H and O–H groups in total. The van der Waals surface area contributed by atoms with Crippen molar-refractivity contribution in [1.82, 2.24) is 0 Å². The number of aliphatic hydroxyl groups is 1. The van der Waals surface area contributed by atoms with E-state index < -0.39 is 12.1 Å². The summed E-state index contributed by atoms with van der Waals surface area (Å²) in [5.41, 5.74) is 0.157. The third-order valence-electron chi connectivity index (χ3n) is 3.44. The van der Waals surface area contributed by atoms with Crippen LogP contribution in [0.3, 0.4) is 0 Å². The molecule has 0 amide bonds. The fourth-order valence-electron chi connectivity index (χ4n) is 2.38. The number of carboxylic acid groups (broad SMARTS) is 1. The van der Waals surface area contributed by atoms with Gasteiger partial charge in [0, 0.05) is 0 Å². The summed E-state index contributed by atoms with van der Waals surface area (Å²) in [6.45, 7) is 2.25. The van der Waals surface area contributed by atoms with Crippen LogP contribution in [0.25, 0.3) is 0 Å². The molecule has 1 aromatic rings. The molecule has 0 heterocycles. The number of carbonyl (C=O) groups is 1. The van der Waals surface area contributed by atoms with Gasteiger partial charge in [-0.25, -0.2) is 4.79 Å². The first kappa shape index (κ1) is 14.7. The molecule has 0 spiro atoms. The molecule has 0 aromatic heterocycles. The Morgan fingerprint density at radius 3 is 2.70 bits per heavy atom. The zero-order valence-electron chi connectivity index (χ0n) is 11.5. The van der Waals surface area contributed by atoms with Gasteiger partial charge in [-0.15, -0.1) is 0 Å². The highest BCUT2D eigenvalue weighted by Crippen LogP contribution is 2.32. The van der Waals surface area contributed by atoms with E-state index in [4.69, 9.17) is 14.6 Å². The van der Waals surface area contributed by atoms with Gasteiger partial charge < -0.3 is 19.7 Å². The van der Waals surface area contributed by atoms with Crippen molar-refractivity contribution in [2.75, 3.05) is 6.61 Å². The van der Waals surface area contributed by atoms with Crippen molar-refractivity contribution in [2.24, 2.45) is 0 Å². The van der Waals surface area contributed by atoms with Crippen LogP contribution in [0.5, 0.6) is 11.5 Å². The van der Waals surface area contributed by atoms with Crippen LogP contribution in [0.4, 0.5) is 0 Å². The summed E-state index contributed by atoms with van der Waals surface area (Å²) in [5, 5.41) is 18.9. The zero-order valence-corrected chi connectivity index (χ0v) is 11.5. The minimum atomic E-state index is -1.00. The van der Waals surface area contributed by atoms with Gasteiger partial charge in [0.1, 0.15) is 6.10 Å². The van der Waals surface area contributed by atoms with Crippen molar-refractivity contribution in [3.05, 3.63) is 23.8 Å². The number of hydrogen-bond acceptors (Lipinski definition) is 4. The minimum Gasteiger partial charge on any atom is -0.490 e. The first-order valence-corrected chi connectivity index (χ1v) is 6.96. The third kappa shape index (κ3) is 3.42. The quantitative estimate of drug-likeness (QED) is 0.866. The maximum Gasteiger partial charge on any atom is 0.335 e. The van der Waals surface area contributed by atoms with Crippen LogP contribution >= 0.6 is 0 Å². The predicted molar refractivity (Wildman–Crippen MR) is 73.5 cm³/mol. The third-order valence-corrected chi connectivity index (χ3v) is 3.44. The predicted octanol–water partition coefficient (Wildman–Crippen LogP) is 2.47. The van der Waals surface area contributed by atoms with E-state index in [1.165, 1.54) is 12.1 Å². The van der Waals surface area contributed by atoms with Gasteiger partial charge in [-0.05, 0) is 44.4 Å². The van der Waals surface area contributed by atoms with E-state index in [-0.39, 0.29) is 11.7 Å². The molecule has 5 nitrogen and oxygen atoms in total. The van der Waals surface area contributed by atoms with Crippen LogP contribution in [0.1, 0.15) is 43.0 Å². The molecule has 110 valence electrons. The van der Waals surface area contributed by atoms with Gasteiger partial charge in [0.2, 0.25) is 0 Å². The van der Waals surface area contributed by atoms with E-state index >= 15 is 0 Å². The van der Waals surface area contributed by atoms with E-state index in [1.807, 2.05) is 6.92 Å². The molecule has 1 fully saturated rings. The van der Waals surface area contributed by atoms with Gasteiger partial charge in [0.05, 0.1) is 18.3 Å². The van der Waals surface area contributed by atoms with Gasteiger partial charge in [0.25, 0.3) is 0 Å². The second kappa shape index (κ2) is 6.61. The number of hydrogen-bond donors (Lipinski definition) is 2. The molecule has 1 saturated carbocycles. The maximum atomic E-state index is 11.0. The number of ether oxygens (including phenoxy) is 2.